The molecule has 148 valence electrons. The van der Waals surface area contributed by atoms with Crippen molar-refractivity contribution in [2.45, 2.75) is 39.5 Å². The Balaban J connectivity index is 1.91. The van der Waals surface area contributed by atoms with E-state index in [-0.39, 0.29) is 23.7 Å². The van der Waals surface area contributed by atoms with Crippen molar-refractivity contribution in [3.05, 3.63) is 28.8 Å². The Labute approximate surface area is 165 Å². The summed E-state index contributed by atoms with van der Waals surface area (Å²) >= 11 is 6.13. The van der Waals surface area contributed by atoms with Crippen molar-refractivity contribution in [1.29, 1.82) is 0 Å². The number of carbonyl (C=O) groups is 3. The van der Waals surface area contributed by atoms with Crippen LogP contribution in [-0.4, -0.2) is 31.4 Å². The first kappa shape index (κ1) is 21.2. The second-order valence-corrected chi connectivity index (χ2v) is 7.77. The number of ether oxygens (including phenoxy) is 1. The Morgan fingerprint density at radius 1 is 1.11 bits per heavy atom. The molecule has 2 rings (SSSR count). The van der Waals surface area contributed by atoms with Gasteiger partial charge in [-0.25, -0.2) is 4.79 Å². The summed E-state index contributed by atoms with van der Waals surface area (Å²) in [5.41, 5.74) is 0.712. The summed E-state index contributed by atoms with van der Waals surface area (Å²) in [7, 11) is 1.30. The zero-order valence-corrected chi connectivity index (χ0v) is 16.8. The van der Waals surface area contributed by atoms with E-state index in [4.69, 9.17) is 11.6 Å². The highest BCUT2D eigenvalue weighted by atomic mass is 35.5. The number of esters is 1. The number of carbonyl (C=O) groups excluding carboxylic acids is 3. The van der Waals surface area contributed by atoms with E-state index in [2.05, 4.69) is 29.2 Å². The molecule has 27 heavy (non-hydrogen) atoms. The summed E-state index contributed by atoms with van der Waals surface area (Å²) in [5.74, 6) is -0.330. The summed E-state index contributed by atoms with van der Waals surface area (Å²) in [6.45, 7) is 4.79. The van der Waals surface area contributed by atoms with Crippen LogP contribution in [0, 0.1) is 17.8 Å². The first-order valence-corrected chi connectivity index (χ1v) is 9.66. The van der Waals surface area contributed by atoms with Crippen molar-refractivity contribution in [2.75, 3.05) is 19.0 Å². The fourth-order valence-corrected chi connectivity index (χ4v) is 3.33. The molecule has 6 nitrogen and oxygen atoms in total. The molecule has 0 atom stereocenters. The largest absolute Gasteiger partial charge is 0.465 e. The fourth-order valence-electron chi connectivity index (χ4n) is 3.17. The molecule has 1 aliphatic carbocycles. The van der Waals surface area contributed by atoms with Crippen molar-refractivity contribution < 1.29 is 19.1 Å². The lowest BCUT2D eigenvalue weighted by molar-refractivity contribution is -0.128. The van der Waals surface area contributed by atoms with Gasteiger partial charge < -0.3 is 15.4 Å². The number of hydrogen-bond acceptors (Lipinski definition) is 4. The predicted molar refractivity (Wildman–Crippen MR) is 105 cm³/mol. The molecule has 0 radical (unpaired) electrons. The zero-order valence-electron chi connectivity index (χ0n) is 16.0. The first-order valence-electron chi connectivity index (χ1n) is 9.28. The van der Waals surface area contributed by atoms with Gasteiger partial charge >= 0.3 is 5.97 Å². The van der Waals surface area contributed by atoms with Crippen LogP contribution in [0.2, 0.25) is 5.02 Å². The third-order valence-electron chi connectivity index (χ3n) is 4.80. The average Bonchev–Trinajstić information content (AvgIpc) is 2.67. The number of methoxy groups -OCH3 is 1. The smallest absolute Gasteiger partial charge is 0.337 e. The van der Waals surface area contributed by atoms with Crippen molar-refractivity contribution in [2.24, 2.45) is 17.8 Å². The minimum Gasteiger partial charge on any atom is -0.465 e. The van der Waals surface area contributed by atoms with E-state index in [0.717, 1.165) is 0 Å². The van der Waals surface area contributed by atoms with Gasteiger partial charge in [0, 0.05) is 18.4 Å². The van der Waals surface area contributed by atoms with E-state index in [1.54, 1.807) is 12.1 Å². The number of halogens is 1. The lowest BCUT2D eigenvalue weighted by Crippen LogP contribution is -2.37. The van der Waals surface area contributed by atoms with E-state index >= 15 is 0 Å². The van der Waals surface area contributed by atoms with Gasteiger partial charge in [0.1, 0.15) is 0 Å². The van der Waals surface area contributed by atoms with Gasteiger partial charge in [-0.2, -0.15) is 0 Å². The Morgan fingerprint density at radius 2 is 1.70 bits per heavy atom. The lowest BCUT2D eigenvalue weighted by Gasteiger charge is -2.27. The molecule has 0 aromatic heterocycles. The molecule has 1 aromatic carbocycles. The highest BCUT2D eigenvalue weighted by molar-refractivity contribution is 6.33. The Hall–Kier alpha value is -2.08. The summed E-state index contributed by atoms with van der Waals surface area (Å²) in [5, 5.41) is 6.13. The molecular weight excluding hydrogens is 368 g/mol. The minimum absolute atomic E-state index is 0.0287. The molecular formula is C20H27ClN2O4. The number of hydrogen-bond donors (Lipinski definition) is 2. The van der Waals surface area contributed by atoms with Crippen LogP contribution in [0.4, 0.5) is 5.69 Å². The zero-order chi connectivity index (χ0) is 20.0. The molecule has 0 heterocycles. The summed E-state index contributed by atoms with van der Waals surface area (Å²) in [6, 6.07) is 4.61. The second-order valence-electron chi connectivity index (χ2n) is 7.36. The van der Waals surface area contributed by atoms with Crippen LogP contribution in [0.15, 0.2) is 18.2 Å². The van der Waals surface area contributed by atoms with Gasteiger partial charge in [-0.1, -0.05) is 25.4 Å². The Bertz CT molecular complexity index is 697. The Kier molecular flexibility index (Phi) is 7.66. The first-order chi connectivity index (χ1) is 12.8. The molecule has 0 bridgehead atoms. The van der Waals surface area contributed by atoms with Crippen molar-refractivity contribution in [3.8, 4) is 0 Å². The van der Waals surface area contributed by atoms with Crippen molar-refractivity contribution >= 4 is 35.1 Å². The molecule has 1 saturated carbocycles. The minimum atomic E-state index is -0.491. The maximum atomic E-state index is 12.6. The average molecular weight is 395 g/mol. The Morgan fingerprint density at radius 3 is 2.26 bits per heavy atom. The van der Waals surface area contributed by atoms with Gasteiger partial charge in [0.05, 0.1) is 23.4 Å². The van der Waals surface area contributed by atoms with Crippen LogP contribution in [0.25, 0.3) is 0 Å². The SMILES string of the molecule is COC(=O)c1ccc(Cl)c(NC(=O)C2CCC(C(=O)NCC(C)C)CC2)c1. The number of nitrogens with one attached hydrogen (secondary N) is 2. The monoisotopic (exact) mass is 394 g/mol. The second kappa shape index (κ2) is 9.74. The third-order valence-corrected chi connectivity index (χ3v) is 5.13. The van der Waals surface area contributed by atoms with Gasteiger partial charge in [-0.15, -0.1) is 0 Å². The predicted octanol–water partition coefficient (Wildman–Crippen LogP) is 3.64. The number of amides is 2. The van der Waals surface area contributed by atoms with Gasteiger partial charge in [-0.05, 0) is 49.8 Å². The highest BCUT2D eigenvalue weighted by Crippen LogP contribution is 2.31. The number of rotatable bonds is 6. The number of benzene rings is 1. The van der Waals surface area contributed by atoms with E-state index < -0.39 is 5.97 Å². The fraction of sp³-hybridized carbons (Fsp3) is 0.550. The lowest BCUT2D eigenvalue weighted by atomic mass is 9.81. The molecule has 0 aliphatic heterocycles. The van der Waals surface area contributed by atoms with Crippen LogP contribution in [-0.2, 0) is 14.3 Å². The van der Waals surface area contributed by atoms with Crippen LogP contribution in [0.3, 0.4) is 0 Å². The molecule has 0 unspecified atom stereocenters. The van der Waals surface area contributed by atoms with E-state index in [0.29, 0.717) is 54.4 Å². The molecule has 7 heteroatoms. The topological polar surface area (TPSA) is 84.5 Å². The third kappa shape index (κ3) is 5.96. The molecule has 2 amide bonds. The van der Waals surface area contributed by atoms with E-state index in [9.17, 15) is 14.4 Å². The van der Waals surface area contributed by atoms with Crippen LogP contribution < -0.4 is 10.6 Å². The maximum absolute atomic E-state index is 12.6. The summed E-state index contributed by atoms with van der Waals surface area (Å²) in [6.07, 6.45) is 2.69. The van der Waals surface area contributed by atoms with Gasteiger partial charge in [0.25, 0.3) is 0 Å². The quantitative estimate of drug-likeness (QED) is 0.721. The summed E-state index contributed by atoms with van der Waals surface area (Å²) in [4.78, 5) is 36.4. The van der Waals surface area contributed by atoms with E-state index in [1.165, 1.54) is 13.2 Å². The highest BCUT2D eigenvalue weighted by Gasteiger charge is 2.30. The molecule has 1 fully saturated rings. The molecule has 1 aliphatic rings. The van der Waals surface area contributed by atoms with Crippen LogP contribution >= 0.6 is 11.6 Å². The normalized spacial score (nSPS) is 19.4. The molecule has 2 N–H and O–H groups in total. The van der Waals surface area contributed by atoms with E-state index in [1.807, 2.05) is 0 Å². The standard InChI is InChI=1S/C20H27ClN2O4/c1-12(2)11-22-18(24)13-4-6-14(7-5-13)19(25)23-17-10-15(20(26)27-3)8-9-16(17)21/h8-10,12-14H,4-7,11H2,1-3H3,(H,22,24)(H,23,25). The molecule has 0 spiro atoms. The van der Waals surface area contributed by atoms with Gasteiger partial charge in [-0.3, -0.25) is 9.59 Å². The van der Waals surface area contributed by atoms with Crippen LogP contribution in [0.5, 0.6) is 0 Å². The maximum Gasteiger partial charge on any atom is 0.337 e. The summed E-state index contributed by atoms with van der Waals surface area (Å²) < 4.78 is 4.69. The van der Waals surface area contributed by atoms with Gasteiger partial charge in [0.15, 0.2) is 0 Å². The van der Waals surface area contributed by atoms with Crippen molar-refractivity contribution in [3.63, 3.8) is 0 Å². The molecule has 1 aromatic rings. The molecule has 0 saturated heterocycles. The van der Waals surface area contributed by atoms with Crippen molar-refractivity contribution in [1.82, 2.24) is 5.32 Å². The van der Waals surface area contributed by atoms with Crippen LogP contribution in [0.1, 0.15) is 49.9 Å². The van der Waals surface area contributed by atoms with Gasteiger partial charge in [0.2, 0.25) is 11.8 Å². The number of anilines is 1.